The van der Waals surface area contributed by atoms with Crippen molar-refractivity contribution in [2.75, 3.05) is 11.9 Å². The van der Waals surface area contributed by atoms with E-state index in [-0.39, 0.29) is 5.91 Å². The number of carboxylic acid groups (broad SMARTS) is 1. The average molecular weight is 289 g/mol. The first-order chi connectivity index (χ1) is 10.1. The molecule has 110 valence electrons. The standard InChI is InChI=1S/C14H15N3O4/c18-13(5-8-17-7-2-6-15-17)16-11-3-1-4-12(9-11)21-10-14(19)20/h1-4,6-7,9H,5,8,10H2,(H,16,18)(H,19,20). The second-order valence-corrected chi connectivity index (χ2v) is 4.28. The van der Waals surface area contributed by atoms with E-state index < -0.39 is 12.6 Å². The number of carboxylic acids is 1. The van der Waals surface area contributed by atoms with Crippen molar-refractivity contribution in [1.82, 2.24) is 9.78 Å². The summed E-state index contributed by atoms with van der Waals surface area (Å²) in [5.74, 6) is -0.813. The summed E-state index contributed by atoms with van der Waals surface area (Å²) in [6.45, 7) is 0.0741. The molecule has 1 aromatic heterocycles. The van der Waals surface area contributed by atoms with Gasteiger partial charge in [0.15, 0.2) is 6.61 Å². The second-order valence-electron chi connectivity index (χ2n) is 4.28. The smallest absolute Gasteiger partial charge is 0.341 e. The van der Waals surface area contributed by atoms with Crippen molar-refractivity contribution in [3.05, 3.63) is 42.7 Å². The van der Waals surface area contributed by atoms with E-state index in [2.05, 4.69) is 10.4 Å². The first-order valence-electron chi connectivity index (χ1n) is 6.35. The van der Waals surface area contributed by atoms with Crippen molar-refractivity contribution >= 4 is 17.6 Å². The molecule has 0 saturated carbocycles. The number of aliphatic carboxylic acids is 1. The van der Waals surface area contributed by atoms with Crippen LogP contribution >= 0.6 is 0 Å². The predicted octanol–water partition coefficient (Wildman–Crippen LogP) is 1.38. The van der Waals surface area contributed by atoms with Gasteiger partial charge in [-0.15, -0.1) is 0 Å². The summed E-state index contributed by atoms with van der Waals surface area (Å²) in [6, 6.07) is 8.39. The number of carbonyl (C=O) groups is 2. The second kappa shape index (κ2) is 7.09. The Morgan fingerprint density at radius 3 is 2.90 bits per heavy atom. The van der Waals surface area contributed by atoms with Crippen molar-refractivity contribution in [3.63, 3.8) is 0 Å². The number of nitrogens with one attached hydrogen (secondary N) is 1. The highest BCUT2D eigenvalue weighted by atomic mass is 16.5. The average Bonchev–Trinajstić information content (AvgIpc) is 2.97. The molecular weight excluding hydrogens is 274 g/mol. The molecule has 0 fully saturated rings. The van der Waals surface area contributed by atoms with Gasteiger partial charge in [0, 0.05) is 37.1 Å². The minimum absolute atomic E-state index is 0.152. The summed E-state index contributed by atoms with van der Waals surface area (Å²) in [4.78, 5) is 22.2. The van der Waals surface area contributed by atoms with E-state index in [0.717, 1.165) is 0 Å². The molecular formula is C14H15N3O4. The number of ether oxygens (including phenoxy) is 1. The van der Waals surface area contributed by atoms with E-state index >= 15 is 0 Å². The van der Waals surface area contributed by atoms with Gasteiger partial charge in [0.1, 0.15) is 5.75 Å². The van der Waals surface area contributed by atoms with Gasteiger partial charge in [0.25, 0.3) is 0 Å². The van der Waals surface area contributed by atoms with E-state index in [0.29, 0.717) is 24.4 Å². The Hall–Kier alpha value is -2.83. The lowest BCUT2D eigenvalue weighted by molar-refractivity contribution is -0.139. The Morgan fingerprint density at radius 1 is 1.33 bits per heavy atom. The van der Waals surface area contributed by atoms with Crippen LogP contribution in [0, 0.1) is 0 Å². The van der Waals surface area contributed by atoms with Crippen LogP contribution in [0.5, 0.6) is 5.75 Å². The van der Waals surface area contributed by atoms with Gasteiger partial charge in [-0.2, -0.15) is 5.10 Å². The fourth-order valence-corrected chi connectivity index (χ4v) is 1.68. The van der Waals surface area contributed by atoms with Crippen LogP contribution in [0.1, 0.15) is 6.42 Å². The largest absolute Gasteiger partial charge is 0.482 e. The van der Waals surface area contributed by atoms with Crippen molar-refractivity contribution < 1.29 is 19.4 Å². The fourth-order valence-electron chi connectivity index (χ4n) is 1.68. The van der Waals surface area contributed by atoms with Gasteiger partial charge < -0.3 is 15.2 Å². The van der Waals surface area contributed by atoms with Crippen LogP contribution in [0.4, 0.5) is 5.69 Å². The number of hydrogen-bond acceptors (Lipinski definition) is 4. The summed E-state index contributed by atoms with van der Waals surface area (Å²) in [5.41, 5.74) is 0.559. The molecule has 0 unspecified atom stereocenters. The Bertz CT molecular complexity index is 610. The molecule has 1 amide bonds. The van der Waals surface area contributed by atoms with Gasteiger partial charge >= 0.3 is 5.97 Å². The molecule has 2 N–H and O–H groups in total. The third kappa shape index (κ3) is 4.98. The maximum Gasteiger partial charge on any atom is 0.341 e. The van der Waals surface area contributed by atoms with Crippen LogP contribution in [-0.2, 0) is 16.1 Å². The molecule has 0 aliphatic heterocycles. The van der Waals surface area contributed by atoms with Crippen LogP contribution in [-0.4, -0.2) is 33.4 Å². The summed E-state index contributed by atoms with van der Waals surface area (Å²) in [5, 5.41) is 15.3. The summed E-state index contributed by atoms with van der Waals surface area (Å²) >= 11 is 0. The lowest BCUT2D eigenvalue weighted by atomic mass is 10.3. The quantitative estimate of drug-likeness (QED) is 0.803. The SMILES string of the molecule is O=C(O)COc1cccc(NC(=O)CCn2cccn2)c1. The minimum Gasteiger partial charge on any atom is -0.482 e. The van der Waals surface area contributed by atoms with E-state index in [1.54, 1.807) is 47.4 Å². The maximum atomic E-state index is 11.8. The van der Waals surface area contributed by atoms with Crippen LogP contribution < -0.4 is 10.1 Å². The molecule has 7 nitrogen and oxygen atoms in total. The number of benzene rings is 1. The Balaban J connectivity index is 1.85. The first-order valence-corrected chi connectivity index (χ1v) is 6.35. The zero-order valence-corrected chi connectivity index (χ0v) is 11.2. The van der Waals surface area contributed by atoms with Crippen molar-refractivity contribution in [3.8, 4) is 5.75 Å². The monoisotopic (exact) mass is 289 g/mol. The molecule has 0 atom stereocenters. The zero-order valence-electron chi connectivity index (χ0n) is 11.2. The molecule has 2 aromatic rings. The molecule has 0 bridgehead atoms. The van der Waals surface area contributed by atoms with Gasteiger partial charge in [-0.25, -0.2) is 4.79 Å². The number of aryl methyl sites for hydroxylation is 1. The van der Waals surface area contributed by atoms with Crippen molar-refractivity contribution in [1.29, 1.82) is 0 Å². The third-order valence-corrected chi connectivity index (χ3v) is 2.61. The van der Waals surface area contributed by atoms with Gasteiger partial charge in [-0.05, 0) is 18.2 Å². The number of nitrogens with zero attached hydrogens (tertiary/aromatic N) is 2. The molecule has 1 heterocycles. The highest BCUT2D eigenvalue weighted by Crippen LogP contribution is 2.17. The maximum absolute atomic E-state index is 11.8. The zero-order chi connectivity index (χ0) is 15.1. The predicted molar refractivity (Wildman–Crippen MR) is 75.0 cm³/mol. The normalized spacial score (nSPS) is 10.1. The Kier molecular flexibility index (Phi) is 4.92. The Morgan fingerprint density at radius 2 is 2.19 bits per heavy atom. The summed E-state index contributed by atoms with van der Waals surface area (Å²) in [7, 11) is 0. The number of aromatic nitrogens is 2. The van der Waals surface area contributed by atoms with Gasteiger partial charge in [0.05, 0.1) is 0 Å². The molecule has 0 radical (unpaired) electrons. The number of amides is 1. The highest BCUT2D eigenvalue weighted by Gasteiger charge is 2.05. The molecule has 7 heteroatoms. The van der Waals surface area contributed by atoms with Crippen molar-refractivity contribution in [2.45, 2.75) is 13.0 Å². The number of hydrogen-bond donors (Lipinski definition) is 2. The Labute approximate surface area is 121 Å². The molecule has 0 aliphatic carbocycles. The van der Waals surface area contributed by atoms with E-state index in [1.807, 2.05) is 0 Å². The van der Waals surface area contributed by atoms with Crippen molar-refractivity contribution in [2.24, 2.45) is 0 Å². The van der Waals surface area contributed by atoms with E-state index in [1.165, 1.54) is 0 Å². The fraction of sp³-hybridized carbons (Fsp3) is 0.214. The lowest BCUT2D eigenvalue weighted by Gasteiger charge is -2.08. The van der Waals surface area contributed by atoms with E-state index in [9.17, 15) is 9.59 Å². The molecule has 1 aromatic carbocycles. The number of rotatable bonds is 7. The van der Waals surface area contributed by atoms with Crippen LogP contribution in [0.3, 0.4) is 0 Å². The lowest BCUT2D eigenvalue weighted by Crippen LogP contribution is -2.15. The van der Waals surface area contributed by atoms with Gasteiger partial charge in [-0.3, -0.25) is 9.48 Å². The van der Waals surface area contributed by atoms with Gasteiger partial charge in [-0.1, -0.05) is 6.07 Å². The molecule has 0 saturated heterocycles. The van der Waals surface area contributed by atoms with Crippen LogP contribution in [0.15, 0.2) is 42.7 Å². The third-order valence-electron chi connectivity index (χ3n) is 2.61. The topological polar surface area (TPSA) is 93.5 Å². The molecule has 2 rings (SSSR count). The summed E-state index contributed by atoms with van der Waals surface area (Å²) in [6.07, 6.45) is 3.73. The highest BCUT2D eigenvalue weighted by molar-refractivity contribution is 5.90. The minimum atomic E-state index is -1.05. The first kappa shape index (κ1) is 14.6. The van der Waals surface area contributed by atoms with Gasteiger partial charge in [0.2, 0.25) is 5.91 Å². The summed E-state index contributed by atoms with van der Waals surface area (Å²) < 4.78 is 6.72. The molecule has 0 spiro atoms. The number of carbonyl (C=O) groups excluding carboxylic acids is 1. The molecule has 0 aliphatic rings. The number of anilines is 1. The van der Waals surface area contributed by atoms with Crippen LogP contribution in [0.2, 0.25) is 0 Å². The molecule has 21 heavy (non-hydrogen) atoms. The van der Waals surface area contributed by atoms with Crippen LogP contribution in [0.25, 0.3) is 0 Å². The van der Waals surface area contributed by atoms with E-state index in [4.69, 9.17) is 9.84 Å².